The molecule has 0 fully saturated rings. The fraction of sp³-hybridized carbons (Fsp3) is 0.0769. The van der Waals surface area contributed by atoms with Gasteiger partial charge >= 0.3 is 0 Å². The lowest BCUT2D eigenvalue weighted by Crippen LogP contribution is -1.87. The first-order chi connectivity index (χ1) is 18.4. The average Bonchev–Trinajstić information content (AvgIpc) is 3.71. The third-order valence-electron chi connectivity index (χ3n) is 5.69. The Balaban J connectivity index is 1.27. The van der Waals surface area contributed by atoms with Crippen molar-refractivity contribution >= 4 is 77.4 Å². The maximum absolute atomic E-state index is 14.9. The standard InChI is InChI=1S/C26H10F4N2S6/c27-15-1-3-33-23(15)25-21(29)13(9-31)17(37-25)5-11-7-19-20(35-11)8-12(36-19)6-18-14(10-32)22(30)26(38-18)24-16(28)2-4-34-24/h1-4,7-8H,5-6H2. The topological polar surface area (TPSA) is 47.6 Å². The van der Waals surface area contributed by atoms with Gasteiger partial charge in [0.15, 0.2) is 11.6 Å². The van der Waals surface area contributed by atoms with E-state index >= 15 is 0 Å². The van der Waals surface area contributed by atoms with Crippen LogP contribution in [0.2, 0.25) is 0 Å². The summed E-state index contributed by atoms with van der Waals surface area (Å²) in [5.74, 6) is -2.39. The van der Waals surface area contributed by atoms with Crippen LogP contribution in [0.15, 0.2) is 35.0 Å². The van der Waals surface area contributed by atoms with Crippen LogP contribution in [-0.4, -0.2) is 0 Å². The first kappa shape index (κ1) is 25.4. The van der Waals surface area contributed by atoms with Gasteiger partial charge in [0.2, 0.25) is 0 Å². The van der Waals surface area contributed by atoms with Gasteiger partial charge in [-0.25, -0.2) is 17.6 Å². The molecule has 0 spiro atoms. The molecule has 0 bridgehead atoms. The summed E-state index contributed by atoms with van der Waals surface area (Å²) in [5.41, 5.74) is -0.117. The van der Waals surface area contributed by atoms with Gasteiger partial charge in [-0.2, -0.15) is 10.5 Å². The minimum Gasteiger partial charge on any atom is -0.205 e. The van der Waals surface area contributed by atoms with Crippen molar-refractivity contribution in [3.05, 3.63) is 88.9 Å². The Bertz CT molecular complexity index is 1750. The minimum absolute atomic E-state index is 0.0584. The molecule has 0 N–H and O–H groups in total. The Kier molecular flexibility index (Phi) is 6.72. The second-order valence-electron chi connectivity index (χ2n) is 8.01. The second-order valence-corrected chi connectivity index (χ2v) is 14.4. The first-order valence-electron chi connectivity index (χ1n) is 10.8. The average molecular weight is 619 g/mol. The normalized spacial score (nSPS) is 11.3. The second kappa shape index (κ2) is 10.0. The van der Waals surface area contributed by atoms with Crippen LogP contribution in [-0.2, 0) is 12.8 Å². The van der Waals surface area contributed by atoms with Crippen LogP contribution < -0.4 is 0 Å². The van der Waals surface area contributed by atoms with E-state index in [1.54, 1.807) is 10.8 Å². The molecule has 6 aromatic heterocycles. The van der Waals surface area contributed by atoms with E-state index in [-0.39, 0.29) is 30.6 Å². The Morgan fingerprint density at radius 3 is 1.37 bits per heavy atom. The molecular formula is C26H10F4N2S6. The molecule has 0 saturated heterocycles. The van der Waals surface area contributed by atoms with Crippen molar-refractivity contribution in [2.24, 2.45) is 0 Å². The smallest absolute Gasteiger partial charge is 0.160 e. The summed E-state index contributed by atoms with van der Waals surface area (Å²) >= 11 is 7.40. The highest BCUT2D eigenvalue weighted by Crippen LogP contribution is 2.43. The van der Waals surface area contributed by atoms with Crippen LogP contribution >= 0.6 is 68.0 Å². The molecule has 38 heavy (non-hydrogen) atoms. The molecule has 2 nitrogen and oxygen atoms in total. The highest BCUT2D eigenvalue weighted by atomic mass is 32.1. The van der Waals surface area contributed by atoms with Gasteiger partial charge in [0.1, 0.15) is 34.9 Å². The van der Waals surface area contributed by atoms with Gasteiger partial charge in [-0.3, -0.25) is 0 Å². The monoisotopic (exact) mass is 618 g/mol. The van der Waals surface area contributed by atoms with Crippen molar-refractivity contribution in [2.75, 3.05) is 0 Å². The van der Waals surface area contributed by atoms with E-state index in [4.69, 9.17) is 0 Å². The Hall–Kier alpha value is -2.84. The van der Waals surface area contributed by atoms with Gasteiger partial charge < -0.3 is 0 Å². The van der Waals surface area contributed by atoms with E-state index in [1.807, 2.05) is 24.3 Å². The predicted octanol–water partition coefficient (Wildman–Crippen LogP) is 10.0. The molecule has 188 valence electrons. The Morgan fingerprint density at radius 1 is 0.605 bits per heavy atom. The number of hydrogen-bond donors (Lipinski definition) is 0. The largest absolute Gasteiger partial charge is 0.205 e. The van der Waals surface area contributed by atoms with E-state index in [1.165, 1.54) is 34.8 Å². The third kappa shape index (κ3) is 4.31. The predicted molar refractivity (Wildman–Crippen MR) is 150 cm³/mol. The maximum Gasteiger partial charge on any atom is 0.160 e. The SMILES string of the molecule is N#Cc1c(Cc2cc3sc(Cc4sc(-c5sccc5F)c(F)c4C#N)cc3s2)sc(-c2sccc2F)c1F. The number of hydrogen-bond acceptors (Lipinski definition) is 8. The van der Waals surface area contributed by atoms with Crippen molar-refractivity contribution in [1.82, 2.24) is 0 Å². The third-order valence-corrected chi connectivity index (χ3v) is 12.4. The lowest BCUT2D eigenvalue weighted by Gasteiger charge is -1.96. The molecule has 6 heterocycles. The number of fused-ring (bicyclic) bond motifs is 1. The molecule has 0 aromatic carbocycles. The molecule has 0 saturated carbocycles. The number of halogens is 4. The number of nitrogens with zero attached hydrogens (tertiary/aromatic N) is 2. The van der Waals surface area contributed by atoms with Gasteiger partial charge in [-0.1, -0.05) is 0 Å². The summed E-state index contributed by atoms with van der Waals surface area (Å²) in [6.45, 7) is 0. The van der Waals surface area contributed by atoms with Crippen LogP contribution in [0.5, 0.6) is 0 Å². The van der Waals surface area contributed by atoms with Crippen molar-refractivity contribution in [1.29, 1.82) is 10.5 Å². The minimum atomic E-state index is -0.687. The molecule has 0 aliphatic carbocycles. The summed E-state index contributed by atoms with van der Waals surface area (Å²) in [7, 11) is 0. The molecule has 0 atom stereocenters. The van der Waals surface area contributed by atoms with Crippen molar-refractivity contribution in [2.45, 2.75) is 12.8 Å². The van der Waals surface area contributed by atoms with Crippen molar-refractivity contribution in [3.63, 3.8) is 0 Å². The van der Waals surface area contributed by atoms with Gasteiger partial charge in [0, 0.05) is 41.8 Å². The van der Waals surface area contributed by atoms with Crippen LogP contribution in [0.25, 0.3) is 28.9 Å². The summed E-state index contributed by atoms with van der Waals surface area (Å²) in [6.07, 6.45) is 0.701. The fourth-order valence-corrected chi connectivity index (χ4v) is 10.8. The van der Waals surface area contributed by atoms with Crippen LogP contribution in [0.3, 0.4) is 0 Å². The zero-order valence-corrected chi connectivity index (χ0v) is 23.6. The number of thiophene rings is 6. The zero-order chi connectivity index (χ0) is 26.6. The summed E-state index contributed by atoms with van der Waals surface area (Å²) < 4.78 is 59.9. The van der Waals surface area contributed by atoms with Crippen LogP contribution in [0, 0.1) is 45.9 Å². The number of nitriles is 2. The molecule has 0 radical (unpaired) electrons. The molecular weight excluding hydrogens is 609 g/mol. The molecule has 6 aromatic rings. The van der Waals surface area contributed by atoms with E-state index in [9.17, 15) is 28.1 Å². The summed E-state index contributed by atoms with van der Waals surface area (Å²) in [6, 6.07) is 10.4. The lowest BCUT2D eigenvalue weighted by molar-refractivity contribution is 0.621. The number of rotatable bonds is 6. The summed E-state index contributed by atoms with van der Waals surface area (Å²) in [5, 5.41) is 22.2. The molecule has 0 amide bonds. The first-order valence-corrected chi connectivity index (χ1v) is 15.8. The maximum atomic E-state index is 14.9. The van der Waals surface area contributed by atoms with E-state index in [0.717, 1.165) is 64.5 Å². The van der Waals surface area contributed by atoms with Gasteiger partial charge in [-0.15, -0.1) is 68.0 Å². The lowest BCUT2D eigenvalue weighted by atomic mass is 10.2. The van der Waals surface area contributed by atoms with Crippen molar-refractivity contribution in [3.8, 4) is 31.6 Å². The van der Waals surface area contributed by atoms with Crippen molar-refractivity contribution < 1.29 is 17.6 Å². The van der Waals surface area contributed by atoms with E-state index < -0.39 is 23.3 Å². The van der Waals surface area contributed by atoms with Gasteiger partial charge in [0.25, 0.3) is 0 Å². The van der Waals surface area contributed by atoms with Crippen LogP contribution in [0.4, 0.5) is 17.6 Å². The van der Waals surface area contributed by atoms with Crippen LogP contribution in [0.1, 0.15) is 30.6 Å². The highest BCUT2D eigenvalue weighted by Gasteiger charge is 2.25. The quantitative estimate of drug-likeness (QED) is 0.174. The molecule has 0 aliphatic heterocycles. The highest BCUT2D eigenvalue weighted by molar-refractivity contribution is 7.28. The van der Waals surface area contributed by atoms with Gasteiger partial charge in [0.05, 0.1) is 19.5 Å². The zero-order valence-electron chi connectivity index (χ0n) is 18.7. The molecule has 0 aliphatic rings. The summed E-state index contributed by atoms with van der Waals surface area (Å²) in [4.78, 5) is 3.63. The van der Waals surface area contributed by atoms with Gasteiger partial charge in [-0.05, 0) is 35.0 Å². The molecule has 12 heteroatoms. The van der Waals surface area contributed by atoms with E-state index in [0.29, 0.717) is 22.6 Å². The fourth-order valence-electron chi connectivity index (χ4n) is 4.01. The molecule has 0 unspecified atom stereocenters. The Labute approximate surface area is 237 Å². The van der Waals surface area contributed by atoms with E-state index in [2.05, 4.69) is 0 Å². The molecule has 6 rings (SSSR count). The Morgan fingerprint density at radius 2 is 1.03 bits per heavy atom.